The summed E-state index contributed by atoms with van der Waals surface area (Å²) in [5.74, 6) is 1.31. The third-order valence-electron chi connectivity index (χ3n) is 2.44. The van der Waals surface area contributed by atoms with Crippen molar-refractivity contribution in [3.05, 3.63) is 18.0 Å². The standard InChI is InChI=1S/C13H22N2O3/c1-13(2,16)9-15(3)8-10-12(18-5)11(17-4)6-7-14-10/h6-7,16H,8-9H2,1-5H3. The van der Waals surface area contributed by atoms with Crippen LogP contribution in [0.3, 0.4) is 0 Å². The van der Waals surface area contributed by atoms with Gasteiger partial charge in [-0.1, -0.05) is 0 Å². The van der Waals surface area contributed by atoms with Gasteiger partial charge in [0.25, 0.3) is 0 Å². The summed E-state index contributed by atoms with van der Waals surface area (Å²) in [5, 5.41) is 9.78. The first-order valence-corrected chi connectivity index (χ1v) is 5.84. The van der Waals surface area contributed by atoms with Crippen LogP contribution in [0.1, 0.15) is 19.5 Å². The molecule has 0 spiro atoms. The van der Waals surface area contributed by atoms with Crippen LogP contribution < -0.4 is 9.47 Å². The number of aliphatic hydroxyl groups is 1. The van der Waals surface area contributed by atoms with Crippen molar-refractivity contribution in [2.24, 2.45) is 0 Å². The van der Waals surface area contributed by atoms with Crippen LogP contribution in [-0.2, 0) is 6.54 Å². The number of methoxy groups -OCH3 is 2. The van der Waals surface area contributed by atoms with Gasteiger partial charge in [0.15, 0.2) is 11.5 Å². The number of hydrogen-bond donors (Lipinski definition) is 1. The molecule has 1 heterocycles. The maximum absolute atomic E-state index is 9.78. The lowest BCUT2D eigenvalue weighted by atomic mass is 10.1. The monoisotopic (exact) mass is 254 g/mol. The fourth-order valence-electron chi connectivity index (χ4n) is 1.94. The van der Waals surface area contributed by atoms with Gasteiger partial charge in [0.05, 0.1) is 19.8 Å². The van der Waals surface area contributed by atoms with Gasteiger partial charge in [0.2, 0.25) is 0 Å². The van der Waals surface area contributed by atoms with Gasteiger partial charge in [0, 0.05) is 25.4 Å². The van der Waals surface area contributed by atoms with E-state index < -0.39 is 5.60 Å². The molecular weight excluding hydrogens is 232 g/mol. The average molecular weight is 254 g/mol. The van der Waals surface area contributed by atoms with Crippen molar-refractivity contribution in [1.82, 2.24) is 9.88 Å². The lowest BCUT2D eigenvalue weighted by molar-refractivity contribution is 0.0419. The highest BCUT2D eigenvalue weighted by atomic mass is 16.5. The number of hydrogen-bond acceptors (Lipinski definition) is 5. The van der Waals surface area contributed by atoms with Crippen molar-refractivity contribution < 1.29 is 14.6 Å². The molecule has 102 valence electrons. The Morgan fingerprint density at radius 2 is 2.00 bits per heavy atom. The molecule has 0 bridgehead atoms. The lowest BCUT2D eigenvalue weighted by Crippen LogP contribution is -2.36. The normalized spacial score (nSPS) is 11.7. The van der Waals surface area contributed by atoms with Crippen LogP contribution in [0.2, 0.25) is 0 Å². The largest absolute Gasteiger partial charge is 0.493 e. The number of rotatable bonds is 6. The quantitative estimate of drug-likeness (QED) is 0.829. The first-order chi connectivity index (χ1) is 8.37. The van der Waals surface area contributed by atoms with E-state index in [4.69, 9.17) is 9.47 Å². The zero-order chi connectivity index (χ0) is 13.8. The molecule has 0 aliphatic carbocycles. The second-order valence-electron chi connectivity index (χ2n) is 4.98. The predicted octanol–water partition coefficient (Wildman–Crippen LogP) is 1.30. The topological polar surface area (TPSA) is 54.8 Å². The first kappa shape index (κ1) is 14.7. The highest BCUT2D eigenvalue weighted by molar-refractivity contribution is 5.42. The molecule has 1 rings (SSSR count). The summed E-state index contributed by atoms with van der Waals surface area (Å²) in [6.45, 7) is 4.69. The molecule has 1 N–H and O–H groups in total. The van der Waals surface area contributed by atoms with Gasteiger partial charge >= 0.3 is 0 Å². The minimum Gasteiger partial charge on any atom is -0.493 e. The van der Waals surface area contributed by atoms with E-state index in [1.54, 1.807) is 40.3 Å². The first-order valence-electron chi connectivity index (χ1n) is 5.84. The molecule has 0 saturated heterocycles. The summed E-state index contributed by atoms with van der Waals surface area (Å²) in [4.78, 5) is 6.29. The van der Waals surface area contributed by atoms with Crippen molar-refractivity contribution in [2.75, 3.05) is 27.8 Å². The molecule has 0 aliphatic heterocycles. The lowest BCUT2D eigenvalue weighted by Gasteiger charge is -2.25. The van der Waals surface area contributed by atoms with Gasteiger partial charge in [0.1, 0.15) is 5.69 Å². The summed E-state index contributed by atoms with van der Waals surface area (Å²) in [7, 11) is 5.12. The van der Waals surface area contributed by atoms with Gasteiger partial charge in [-0.15, -0.1) is 0 Å². The highest BCUT2D eigenvalue weighted by Crippen LogP contribution is 2.29. The van der Waals surface area contributed by atoms with Crippen LogP contribution in [0.4, 0.5) is 0 Å². The summed E-state index contributed by atoms with van der Waals surface area (Å²) in [6.07, 6.45) is 1.69. The number of pyridine rings is 1. The zero-order valence-corrected chi connectivity index (χ0v) is 11.7. The Balaban J connectivity index is 2.84. The second-order valence-corrected chi connectivity index (χ2v) is 4.98. The molecule has 0 radical (unpaired) electrons. The van der Waals surface area contributed by atoms with Gasteiger partial charge in [-0.25, -0.2) is 0 Å². The van der Waals surface area contributed by atoms with E-state index in [9.17, 15) is 5.11 Å². The minimum atomic E-state index is -0.735. The summed E-state index contributed by atoms with van der Waals surface area (Å²) < 4.78 is 10.5. The van der Waals surface area contributed by atoms with Gasteiger partial charge < -0.3 is 14.6 Å². The Morgan fingerprint density at radius 3 is 2.50 bits per heavy atom. The molecule has 18 heavy (non-hydrogen) atoms. The molecule has 1 aromatic rings. The van der Waals surface area contributed by atoms with E-state index in [0.29, 0.717) is 24.6 Å². The Labute approximate surface area is 108 Å². The highest BCUT2D eigenvalue weighted by Gasteiger charge is 2.18. The Hall–Kier alpha value is -1.33. The number of aromatic nitrogens is 1. The van der Waals surface area contributed by atoms with Gasteiger partial charge in [-0.05, 0) is 20.9 Å². The number of ether oxygens (including phenoxy) is 2. The van der Waals surface area contributed by atoms with Crippen LogP contribution in [0.15, 0.2) is 12.3 Å². The molecule has 0 saturated carbocycles. The Kier molecular flexibility index (Phi) is 4.93. The van der Waals surface area contributed by atoms with Crippen LogP contribution in [0, 0.1) is 0 Å². The maximum Gasteiger partial charge on any atom is 0.183 e. The summed E-state index contributed by atoms with van der Waals surface area (Å²) >= 11 is 0. The molecule has 0 fully saturated rings. The molecule has 0 aliphatic rings. The smallest absolute Gasteiger partial charge is 0.183 e. The van der Waals surface area contributed by atoms with Gasteiger partial charge in [-0.3, -0.25) is 9.88 Å². The fraction of sp³-hybridized carbons (Fsp3) is 0.615. The van der Waals surface area contributed by atoms with E-state index in [-0.39, 0.29) is 0 Å². The van der Waals surface area contributed by atoms with Crippen molar-refractivity contribution in [3.63, 3.8) is 0 Å². The molecule has 0 aromatic carbocycles. The minimum absolute atomic E-state index is 0.551. The van der Waals surface area contributed by atoms with Crippen molar-refractivity contribution in [2.45, 2.75) is 26.0 Å². The second kappa shape index (κ2) is 6.02. The third-order valence-corrected chi connectivity index (χ3v) is 2.44. The third kappa shape index (κ3) is 4.16. The number of likely N-dealkylation sites (N-methyl/N-ethyl adjacent to an activating group) is 1. The van der Waals surface area contributed by atoms with E-state index in [1.807, 2.05) is 11.9 Å². The number of nitrogens with zero attached hydrogens (tertiary/aromatic N) is 2. The fourth-order valence-corrected chi connectivity index (χ4v) is 1.94. The summed E-state index contributed by atoms with van der Waals surface area (Å²) in [6, 6.07) is 1.76. The zero-order valence-electron chi connectivity index (χ0n) is 11.7. The molecule has 5 heteroatoms. The van der Waals surface area contributed by atoms with E-state index in [1.165, 1.54) is 0 Å². The molecule has 0 amide bonds. The average Bonchev–Trinajstić information content (AvgIpc) is 2.25. The molecule has 0 atom stereocenters. The van der Waals surface area contributed by atoms with Crippen molar-refractivity contribution >= 4 is 0 Å². The van der Waals surface area contributed by atoms with Crippen molar-refractivity contribution in [1.29, 1.82) is 0 Å². The maximum atomic E-state index is 9.78. The van der Waals surface area contributed by atoms with Crippen LogP contribution in [0.25, 0.3) is 0 Å². The molecule has 1 aromatic heterocycles. The van der Waals surface area contributed by atoms with Crippen LogP contribution >= 0.6 is 0 Å². The Bertz CT molecular complexity index is 388. The van der Waals surface area contributed by atoms with Gasteiger partial charge in [-0.2, -0.15) is 0 Å². The van der Waals surface area contributed by atoms with Crippen molar-refractivity contribution in [3.8, 4) is 11.5 Å². The molecule has 5 nitrogen and oxygen atoms in total. The molecule has 0 unspecified atom stereocenters. The van der Waals surface area contributed by atoms with Crippen LogP contribution in [0.5, 0.6) is 11.5 Å². The Morgan fingerprint density at radius 1 is 1.33 bits per heavy atom. The van der Waals surface area contributed by atoms with Crippen LogP contribution in [-0.4, -0.2) is 48.4 Å². The van der Waals surface area contributed by atoms with E-state index in [0.717, 1.165) is 5.69 Å². The van der Waals surface area contributed by atoms with E-state index >= 15 is 0 Å². The SMILES string of the molecule is COc1ccnc(CN(C)CC(C)(C)O)c1OC. The molecular formula is C13H22N2O3. The summed E-state index contributed by atoms with van der Waals surface area (Å²) in [5.41, 5.74) is 0.0597. The van der Waals surface area contributed by atoms with E-state index in [2.05, 4.69) is 4.98 Å². The predicted molar refractivity (Wildman–Crippen MR) is 70.0 cm³/mol.